The Morgan fingerprint density at radius 2 is 1.42 bits per heavy atom. The maximum absolute atomic E-state index is 14.0. The molecular weight excluding hydrogens is 468 g/mol. The van der Waals surface area contributed by atoms with E-state index in [2.05, 4.69) is 54.7 Å². The quantitative estimate of drug-likeness (QED) is 0.294. The number of para-hydroxylation sites is 1. The first-order chi connectivity index (χ1) is 18.6. The third-order valence-corrected chi connectivity index (χ3v) is 8.09. The molecule has 4 nitrogen and oxygen atoms in total. The van der Waals surface area contributed by atoms with Gasteiger partial charge >= 0.3 is 0 Å². The highest BCUT2D eigenvalue weighted by atomic mass is 16.2. The van der Waals surface area contributed by atoms with E-state index in [1.54, 1.807) is 0 Å². The van der Waals surface area contributed by atoms with E-state index in [0.717, 1.165) is 63.9 Å². The van der Waals surface area contributed by atoms with Gasteiger partial charge in [-0.3, -0.25) is 9.59 Å². The zero-order chi connectivity index (χ0) is 26.1. The smallest absolute Gasteiger partial charge is 0.258 e. The van der Waals surface area contributed by atoms with Crippen molar-refractivity contribution in [2.24, 2.45) is 0 Å². The van der Waals surface area contributed by atoms with Crippen molar-refractivity contribution in [3.8, 4) is 11.1 Å². The van der Waals surface area contributed by atoms with E-state index < -0.39 is 5.41 Å². The van der Waals surface area contributed by atoms with Gasteiger partial charge in [-0.2, -0.15) is 0 Å². The van der Waals surface area contributed by atoms with Crippen LogP contribution < -0.4 is 10.2 Å². The normalized spacial score (nSPS) is 14.7. The molecule has 38 heavy (non-hydrogen) atoms. The molecule has 0 spiro atoms. The fourth-order valence-corrected chi connectivity index (χ4v) is 6.32. The van der Waals surface area contributed by atoms with Crippen molar-refractivity contribution >= 4 is 17.5 Å². The summed E-state index contributed by atoms with van der Waals surface area (Å²) in [6, 6.07) is 32.7. The van der Waals surface area contributed by atoms with E-state index in [1.165, 1.54) is 0 Å². The van der Waals surface area contributed by atoms with Crippen molar-refractivity contribution in [2.75, 3.05) is 11.4 Å². The minimum Gasteiger partial charge on any atom is -0.355 e. The van der Waals surface area contributed by atoms with Crippen molar-refractivity contribution in [2.45, 2.75) is 44.6 Å². The molecule has 4 heteroatoms. The molecule has 0 aromatic heterocycles. The number of carbonyl (C=O) groups excluding carboxylic acids is 2. The average Bonchev–Trinajstić information content (AvgIpc) is 3.45. The summed E-state index contributed by atoms with van der Waals surface area (Å²) in [4.78, 5) is 29.1. The molecule has 1 N–H and O–H groups in total. The highest BCUT2D eigenvalue weighted by Crippen LogP contribution is 2.51. The lowest BCUT2D eigenvalue weighted by atomic mass is 9.73. The van der Waals surface area contributed by atoms with Crippen LogP contribution in [-0.2, 0) is 23.2 Å². The van der Waals surface area contributed by atoms with Crippen LogP contribution in [0.15, 0.2) is 97.1 Å². The van der Waals surface area contributed by atoms with E-state index in [4.69, 9.17) is 0 Å². The fraction of sp³-hybridized carbons (Fsp3) is 0.235. The van der Waals surface area contributed by atoms with E-state index >= 15 is 0 Å². The maximum Gasteiger partial charge on any atom is 0.258 e. The highest BCUT2D eigenvalue weighted by Gasteiger charge is 2.48. The van der Waals surface area contributed by atoms with Crippen LogP contribution in [0.2, 0.25) is 0 Å². The topological polar surface area (TPSA) is 49.4 Å². The van der Waals surface area contributed by atoms with Crippen LogP contribution in [0.25, 0.3) is 11.1 Å². The molecule has 0 atom stereocenters. The van der Waals surface area contributed by atoms with Gasteiger partial charge in [0.05, 0.1) is 6.54 Å². The van der Waals surface area contributed by atoms with Crippen molar-refractivity contribution in [3.63, 3.8) is 0 Å². The van der Waals surface area contributed by atoms with E-state index in [9.17, 15) is 9.59 Å². The standard InChI is InChI=1S/C34H32N2O2/c1-2-22-35-33(38)34(29-18-8-6-16-27(29)28-17-7-9-19-30(28)34)21-11-14-24-12-4-10-20-31(24)36-23-25-13-3-5-15-26(25)32(36)37/h3-10,12-13,15-20H,2,11,14,21-23H2,1H3,(H,35,38). The number of carbonyl (C=O) groups is 2. The number of amides is 2. The van der Waals surface area contributed by atoms with Gasteiger partial charge in [-0.15, -0.1) is 0 Å². The average molecular weight is 501 g/mol. The highest BCUT2D eigenvalue weighted by molar-refractivity contribution is 6.10. The Hall–Kier alpha value is -4.18. The van der Waals surface area contributed by atoms with Gasteiger partial charge in [-0.25, -0.2) is 0 Å². The predicted molar refractivity (Wildman–Crippen MR) is 152 cm³/mol. The molecule has 0 fully saturated rings. The lowest BCUT2D eigenvalue weighted by Crippen LogP contribution is -2.44. The Labute approximate surface area is 224 Å². The minimum absolute atomic E-state index is 0.0575. The summed E-state index contributed by atoms with van der Waals surface area (Å²) < 4.78 is 0. The van der Waals surface area contributed by atoms with Crippen molar-refractivity contribution < 1.29 is 9.59 Å². The molecule has 0 radical (unpaired) electrons. The molecular formula is C34H32N2O2. The first-order valence-corrected chi connectivity index (χ1v) is 13.6. The minimum atomic E-state index is -0.725. The molecule has 0 saturated heterocycles. The second-order valence-electron chi connectivity index (χ2n) is 10.3. The Morgan fingerprint density at radius 3 is 2.11 bits per heavy atom. The fourth-order valence-electron chi connectivity index (χ4n) is 6.32. The van der Waals surface area contributed by atoms with Gasteiger partial charge in [0.25, 0.3) is 5.91 Å². The Morgan fingerprint density at radius 1 is 0.816 bits per heavy atom. The molecule has 1 aliphatic carbocycles. The summed E-state index contributed by atoms with van der Waals surface area (Å²) in [5, 5.41) is 3.23. The molecule has 0 bridgehead atoms. The van der Waals surface area contributed by atoms with Crippen LogP contribution in [0.5, 0.6) is 0 Å². The number of nitrogens with zero attached hydrogens (tertiary/aromatic N) is 1. The van der Waals surface area contributed by atoms with E-state index in [1.807, 2.05) is 59.5 Å². The molecule has 4 aromatic rings. The number of aryl methyl sites for hydroxylation is 1. The first kappa shape index (κ1) is 24.2. The van der Waals surface area contributed by atoms with Crippen LogP contribution in [0, 0.1) is 0 Å². The van der Waals surface area contributed by atoms with Crippen molar-refractivity contribution in [1.29, 1.82) is 0 Å². The molecule has 0 unspecified atom stereocenters. The van der Waals surface area contributed by atoms with Crippen molar-refractivity contribution in [1.82, 2.24) is 5.32 Å². The molecule has 4 aromatic carbocycles. The largest absolute Gasteiger partial charge is 0.355 e. The Balaban J connectivity index is 1.32. The second kappa shape index (κ2) is 9.94. The maximum atomic E-state index is 14.0. The van der Waals surface area contributed by atoms with Crippen LogP contribution in [0.4, 0.5) is 5.69 Å². The second-order valence-corrected chi connectivity index (χ2v) is 10.3. The number of nitrogens with one attached hydrogen (secondary N) is 1. The molecule has 6 rings (SSSR count). The summed E-state index contributed by atoms with van der Waals surface area (Å²) in [6.45, 7) is 3.33. The molecule has 0 saturated carbocycles. The predicted octanol–water partition coefficient (Wildman–Crippen LogP) is 6.66. The SMILES string of the molecule is CCCNC(=O)C1(CCCc2ccccc2N2Cc3ccccc3C2=O)c2ccccc2-c2ccccc21. The van der Waals surface area contributed by atoms with Gasteiger partial charge < -0.3 is 10.2 Å². The number of hydrogen-bond acceptors (Lipinski definition) is 2. The van der Waals surface area contributed by atoms with Gasteiger partial charge in [0, 0.05) is 17.8 Å². The molecule has 2 aliphatic rings. The number of benzene rings is 4. The van der Waals surface area contributed by atoms with Gasteiger partial charge in [0.2, 0.25) is 5.91 Å². The number of anilines is 1. The third kappa shape index (κ3) is 3.83. The monoisotopic (exact) mass is 500 g/mol. The molecule has 1 aliphatic heterocycles. The number of rotatable bonds is 8. The number of fused-ring (bicyclic) bond motifs is 4. The van der Waals surface area contributed by atoms with E-state index in [0.29, 0.717) is 19.5 Å². The van der Waals surface area contributed by atoms with Gasteiger partial charge in [0.15, 0.2) is 0 Å². The third-order valence-electron chi connectivity index (χ3n) is 8.09. The van der Waals surface area contributed by atoms with Crippen LogP contribution >= 0.6 is 0 Å². The number of hydrogen-bond donors (Lipinski definition) is 1. The summed E-state index contributed by atoms with van der Waals surface area (Å²) >= 11 is 0. The first-order valence-electron chi connectivity index (χ1n) is 13.6. The lowest BCUT2D eigenvalue weighted by Gasteiger charge is -2.31. The summed E-state index contributed by atoms with van der Waals surface area (Å²) in [6.07, 6.45) is 3.18. The van der Waals surface area contributed by atoms with Crippen LogP contribution in [0.1, 0.15) is 58.8 Å². The van der Waals surface area contributed by atoms with Gasteiger partial charge in [0.1, 0.15) is 5.41 Å². The van der Waals surface area contributed by atoms with Crippen molar-refractivity contribution in [3.05, 3.63) is 125 Å². The molecule has 2 amide bonds. The van der Waals surface area contributed by atoms with Gasteiger partial charge in [-0.05, 0) is 71.2 Å². The zero-order valence-electron chi connectivity index (χ0n) is 21.7. The Bertz CT molecular complexity index is 1480. The van der Waals surface area contributed by atoms with Gasteiger partial charge in [-0.1, -0.05) is 91.9 Å². The summed E-state index contributed by atoms with van der Waals surface area (Å²) in [5.74, 6) is 0.136. The Kier molecular flexibility index (Phi) is 6.32. The summed E-state index contributed by atoms with van der Waals surface area (Å²) in [7, 11) is 0. The zero-order valence-corrected chi connectivity index (χ0v) is 21.7. The molecule has 190 valence electrons. The van der Waals surface area contributed by atoms with E-state index in [-0.39, 0.29) is 11.8 Å². The van der Waals surface area contributed by atoms with Crippen LogP contribution in [-0.4, -0.2) is 18.4 Å². The van der Waals surface area contributed by atoms with Crippen LogP contribution in [0.3, 0.4) is 0 Å². The molecule has 1 heterocycles. The summed E-state index contributed by atoms with van der Waals surface area (Å²) in [5.41, 5.74) is 7.71. The lowest BCUT2D eigenvalue weighted by molar-refractivity contribution is -0.125.